The molecule has 2 aromatic carbocycles. The molecule has 1 heteroatoms. The van der Waals surface area contributed by atoms with Gasteiger partial charge >= 0.3 is 0 Å². The second-order valence-electron chi connectivity index (χ2n) is 6.99. The van der Waals surface area contributed by atoms with Crippen LogP contribution in [0.2, 0.25) is 0 Å². The molecule has 0 aromatic heterocycles. The molecule has 0 heterocycles. The van der Waals surface area contributed by atoms with Crippen molar-refractivity contribution in [2.24, 2.45) is 5.41 Å². The van der Waals surface area contributed by atoms with E-state index in [1.54, 1.807) is 0 Å². The molecule has 0 saturated carbocycles. The Balaban J connectivity index is 1.95. The van der Waals surface area contributed by atoms with Crippen LogP contribution in [0.3, 0.4) is 0 Å². The topological polar surface area (TPSA) is 3.24 Å². The number of nitrogens with zero attached hydrogens (tertiary/aromatic N) is 1. The maximum absolute atomic E-state index is 2.34. The zero-order valence-electron chi connectivity index (χ0n) is 14.2. The van der Waals surface area contributed by atoms with E-state index in [9.17, 15) is 0 Å². The Morgan fingerprint density at radius 2 is 1.68 bits per heavy atom. The summed E-state index contributed by atoms with van der Waals surface area (Å²) in [7, 11) is 2.17. The van der Waals surface area contributed by atoms with Gasteiger partial charge in [0.2, 0.25) is 0 Å². The van der Waals surface area contributed by atoms with Gasteiger partial charge in [-0.15, -0.1) is 0 Å². The van der Waals surface area contributed by atoms with Gasteiger partial charge in [0.1, 0.15) is 0 Å². The van der Waals surface area contributed by atoms with E-state index in [-0.39, 0.29) is 5.41 Å². The first-order valence-electron chi connectivity index (χ1n) is 7.95. The molecule has 0 aliphatic carbocycles. The van der Waals surface area contributed by atoms with Gasteiger partial charge in [0.05, 0.1) is 0 Å². The molecule has 0 bridgehead atoms. The maximum atomic E-state index is 2.34. The summed E-state index contributed by atoms with van der Waals surface area (Å²) in [6.45, 7) is 8.56. The highest BCUT2D eigenvalue weighted by Crippen LogP contribution is 2.19. The molecule has 0 fully saturated rings. The second kappa shape index (κ2) is 7.42. The molecule has 0 spiro atoms. The lowest BCUT2D eigenvalue weighted by molar-refractivity contribution is 0.365. The van der Waals surface area contributed by atoms with Crippen LogP contribution < -0.4 is 0 Å². The van der Waals surface area contributed by atoms with Gasteiger partial charge in [-0.1, -0.05) is 87.5 Å². The molecular formula is C21H27N. The van der Waals surface area contributed by atoms with Crippen molar-refractivity contribution in [1.29, 1.82) is 0 Å². The molecule has 2 rings (SSSR count). The van der Waals surface area contributed by atoms with Crippen molar-refractivity contribution in [3.63, 3.8) is 0 Å². The van der Waals surface area contributed by atoms with Crippen LogP contribution in [0.1, 0.15) is 26.3 Å². The van der Waals surface area contributed by atoms with Crippen molar-refractivity contribution in [1.82, 2.24) is 4.90 Å². The quantitative estimate of drug-likeness (QED) is 0.664. The number of likely N-dealkylation sites (N-methyl/N-ethyl adjacent to an activating group) is 1. The molecule has 22 heavy (non-hydrogen) atoms. The molecule has 0 atom stereocenters. The molecule has 0 unspecified atom stereocenters. The van der Waals surface area contributed by atoms with E-state index in [0.717, 1.165) is 13.1 Å². The fourth-order valence-electron chi connectivity index (χ4n) is 2.45. The lowest BCUT2D eigenvalue weighted by atomic mass is 9.96. The number of hydrogen-bond donors (Lipinski definition) is 0. The monoisotopic (exact) mass is 293 g/mol. The third-order valence-electron chi connectivity index (χ3n) is 3.58. The van der Waals surface area contributed by atoms with E-state index in [2.05, 4.69) is 99.5 Å². The van der Waals surface area contributed by atoms with Crippen LogP contribution in [0.15, 0.2) is 66.8 Å². The highest BCUT2D eigenvalue weighted by atomic mass is 15.1. The van der Waals surface area contributed by atoms with Gasteiger partial charge in [-0.05, 0) is 28.8 Å². The molecule has 0 N–H and O–H groups in total. The molecule has 116 valence electrons. The highest BCUT2D eigenvalue weighted by molar-refractivity contribution is 5.85. The standard InChI is InChI=1S/C21H27N/c1-21(2,3)15-8-5-9-16-22(4)17-19-13-10-12-18-11-6-7-14-20(18)19/h5-15H,16-17H2,1-4H3/b9-5+,15-8+. The first-order valence-corrected chi connectivity index (χ1v) is 7.95. The summed E-state index contributed by atoms with van der Waals surface area (Å²) in [5.41, 5.74) is 1.64. The Kier molecular flexibility index (Phi) is 5.57. The fraction of sp³-hybridized carbons (Fsp3) is 0.333. The highest BCUT2D eigenvalue weighted by Gasteiger charge is 2.03. The zero-order valence-corrected chi connectivity index (χ0v) is 14.2. The first kappa shape index (κ1) is 16.5. The maximum Gasteiger partial charge on any atom is 0.0240 e. The number of fused-ring (bicyclic) bond motifs is 1. The predicted molar refractivity (Wildman–Crippen MR) is 98.0 cm³/mol. The Labute approximate surface area is 135 Å². The Bertz CT molecular complexity index is 654. The number of hydrogen-bond acceptors (Lipinski definition) is 1. The first-order chi connectivity index (χ1) is 10.5. The molecule has 2 aromatic rings. The van der Waals surface area contributed by atoms with Gasteiger partial charge in [-0.3, -0.25) is 4.90 Å². The minimum atomic E-state index is 0.249. The normalized spacial score (nSPS) is 13.0. The van der Waals surface area contributed by atoms with Crippen molar-refractivity contribution in [3.8, 4) is 0 Å². The van der Waals surface area contributed by atoms with Gasteiger partial charge in [0, 0.05) is 13.1 Å². The Morgan fingerprint density at radius 1 is 0.955 bits per heavy atom. The number of rotatable bonds is 5. The van der Waals surface area contributed by atoms with Gasteiger partial charge < -0.3 is 0 Å². The lowest BCUT2D eigenvalue weighted by Gasteiger charge is -2.16. The van der Waals surface area contributed by atoms with Crippen LogP contribution in [0.4, 0.5) is 0 Å². The van der Waals surface area contributed by atoms with Gasteiger partial charge in [-0.25, -0.2) is 0 Å². The molecule has 0 aliphatic rings. The van der Waals surface area contributed by atoms with E-state index in [1.807, 2.05) is 0 Å². The summed E-state index contributed by atoms with van der Waals surface area (Å²) in [6, 6.07) is 15.1. The number of benzene rings is 2. The van der Waals surface area contributed by atoms with Crippen LogP contribution in [0, 0.1) is 5.41 Å². The minimum Gasteiger partial charge on any atom is -0.298 e. The van der Waals surface area contributed by atoms with E-state index in [1.165, 1.54) is 16.3 Å². The molecule has 0 aliphatic heterocycles. The summed E-state index contributed by atoms with van der Waals surface area (Å²) < 4.78 is 0. The van der Waals surface area contributed by atoms with Crippen LogP contribution in [0.25, 0.3) is 10.8 Å². The van der Waals surface area contributed by atoms with Crippen LogP contribution in [-0.4, -0.2) is 18.5 Å². The SMILES string of the molecule is CN(C/C=C/C=C/C(C)(C)C)Cc1cccc2ccccc12. The summed E-state index contributed by atoms with van der Waals surface area (Å²) >= 11 is 0. The van der Waals surface area contributed by atoms with Gasteiger partial charge in [0.15, 0.2) is 0 Å². The van der Waals surface area contributed by atoms with E-state index < -0.39 is 0 Å². The van der Waals surface area contributed by atoms with Crippen molar-refractivity contribution in [2.45, 2.75) is 27.3 Å². The van der Waals surface area contributed by atoms with E-state index >= 15 is 0 Å². The van der Waals surface area contributed by atoms with E-state index in [0.29, 0.717) is 0 Å². The smallest absolute Gasteiger partial charge is 0.0240 e. The summed E-state index contributed by atoms with van der Waals surface area (Å²) in [4.78, 5) is 2.34. The number of allylic oxidation sites excluding steroid dienone is 3. The largest absolute Gasteiger partial charge is 0.298 e. The Hall–Kier alpha value is -1.86. The van der Waals surface area contributed by atoms with Crippen molar-refractivity contribution in [3.05, 3.63) is 72.3 Å². The zero-order chi connectivity index (χ0) is 16.0. The van der Waals surface area contributed by atoms with Crippen LogP contribution in [-0.2, 0) is 6.54 Å². The molecule has 0 amide bonds. The Morgan fingerprint density at radius 3 is 2.45 bits per heavy atom. The van der Waals surface area contributed by atoms with Crippen LogP contribution >= 0.6 is 0 Å². The van der Waals surface area contributed by atoms with Gasteiger partial charge in [-0.2, -0.15) is 0 Å². The third-order valence-corrected chi connectivity index (χ3v) is 3.58. The third kappa shape index (κ3) is 5.16. The van der Waals surface area contributed by atoms with E-state index in [4.69, 9.17) is 0 Å². The molecule has 0 radical (unpaired) electrons. The summed E-state index contributed by atoms with van der Waals surface area (Å²) in [5.74, 6) is 0. The van der Waals surface area contributed by atoms with Crippen molar-refractivity contribution < 1.29 is 0 Å². The van der Waals surface area contributed by atoms with Crippen molar-refractivity contribution in [2.75, 3.05) is 13.6 Å². The predicted octanol–water partition coefficient (Wildman–Crippen LogP) is 5.43. The second-order valence-corrected chi connectivity index (χ2v) is 6.99. The average Bonchev–Trinajstić information content (AvgIpc) is 2.46. The lowest BCUT2D eigenvalue weighted by Crippen LogP contribution is -2.17. The fourth-order valence-corrected chi connectivity index (χ4v) is 2.45. The molecule has 1 nitrogen and oxygen atoms in total. The average molecular weight is 293 g/mol. The summed E-state index contributed by atoms with van der Waals surface area (Å²) in [5, 5.41) is 2.67. The van der Waals surface area contributed by atoms with Gasteiger partial charge in [0.25, 0.3) is 0 Å². The molecule has 0 saturated heterocycles. The summed E-state index contributed by atoms with van der Waals surface area (Å²) in [6.07, 6.45) is 8.73. The van der Waals surface area contributed by atoms with Crippen LogP contribution in [0.5, 0.6) is 0 Å². The molecular weight excluding hydrogens is 266 g/mol. The minimum absolute atomic E-state index is 0.249. The van der Waals surface area contributed by atoms with Crippen molar-refractivity contribution >= 4 is 10.8 Å².